The van der Waals surface area contributed by atoms with E-state index in [0.717, 1.165) is 4.31 Å². The van der Waals surface area contributed by atoms with E-state index in [4.69, 9.17) is 4.74 Å². The number of hydrogen-bond acceptors (Lipinski definition) is 5. The molecular weight excluding hydrogens is 492 g/mol. The monoisotopic (exact) mass is 520 g/mol. The fourth-order valence-electron chi connectivity index (χ4n) is 4.02. The minimum absolute atomic E-state index is 0.0357. The van der Waals surface area contributed by atoms with E-state index in [1.165, 1.54) is 16.8 Å². The first-order chi connectivity index (χ1) is 17.8. The summed E-state index contributed by atoms with van der Waals surface area (Å²) in [5, 5.41) is 2.73. The lowest BCUT2D eigenvalue weighted by Gasteiger charge is -2.23. The van der Waals surface area contributed by atoms with Gasteiger partial charge in [-0.3, -0.25) is 14.3 Å². The van der Waals surface area contributed by atoms with Crippen LogP contribution in [-0.2, 0) is 21.9 Å². The minimum atomic E-state index is -4.28. The van der Waals surface area contributed by atoms with Crippen LogP contribution >= 0.6 is 0 Å². The highest BCUT2D eigenvalue weighted by Crippen LogP contribution is 2.27. The lowest BCUT2D eigenvalue weighted by molar-refractivity contribution is -0.114. The molecule has 1 heterocycles. The van der Waals surface area contributed by atoms with Crippen molar-refractivity contribution in [3.05, 3.63) is 101 Å². The Morgan fingerprint density at radius 2 is 1.54 bits per heavy atom. The molecule has 0 atom stereocenters. The normalized spacial score (nSPS) is 11.2. The fourth-order valence-corrected chi connectivity index (χ4v) is 5.51. The molecule has 0 fully saturated rings. The number of para-hydroxylation sites is 3. The summed E-state index contributed by atoms with van der Waals surface area (Å²) in [6, 6.07) is 23.5. The van der Waals surface area contributed by atoms with Crippen LogP contribution in [0.15, 0.2) is 94.6 Å². The lowest BCUT2D eigenvalue weighted by Crippen LogP contribution is -2.41. The van der Waals surface area contributed by atoms with Crippen LogP contribution in [0.25, 0.3) is 5.69 Å². The van der Waals surface area contributed by atoms with Crippen molar-refractivity contribution in [3.63, 3.8) is 0 Å². The highest BCUT2D eigenvalue weighted by atomic mass is 32.2. The van der Waals surface area contributed by atoms with Gasteiger partial charge in [0.05, 0.1) is 28.6 Å². The maximum Gasteiger partial charge on any atom is 0.296 e. The second kappa shape index (κ2) is 10.8. The van der Waals surface area contributed by atoms with Crippen LogP contribution < -0.4 is 19.9 Å². The number of hydrogen-bond donors (Lipinski definition) is 1. The number of amides is 1. The first-order valence-corrected chi connectivity index (χ1v) is 13.1. The van der Waals surface area contributed by atoms with Crippen LogP contribution in [0.1, 0.15) is 12.6 Å². The first kappa shape index (κ1) is 25.8. The third kappa shape index (κ3) is 5.14. The van der Waals surface area contributed by atoms with Gasteiger partial charge in [-0.05, 0) is 50.2 Å². The van der Waals surface area contributed by atoms with Gasteiger partial charge in [-0.25, -0.2) is 17.4 Å². The van der Waals surface area contributed by atoms with Crippen molar-refractivity contribution in [2.24, 2.45) is 7.05 Å². The fraction of sp³-hybridized carbons (Fsp3) is 0.185. The van der Waals surface area contributed by atoms with Gasteiger partial charge in [0.15, 0.2) is 0 Å². The number of rotatable bonds is 9. The van der Waals surface area contributed by atoms with Crippen molar-refractivity contribution in [2.75, 3.05) is 22.8 Å². The van der Waals surface area contributed by atoms with Gasteiger partial charge in [-0.15, -0.1) is 0 Å². The number of benzene rings is 3. The van der Waals surface area contributed by atoms with Crippen LogP contribution in [0.4, 0.5) is 11.4 Å². The Labute approximate surface area is 215 Å². The molecule has 0 saturated carbocycles. The summed E-state index contributed by atoms with van der Waals surface area (Å²) in [5.41, 5.74) is 0.682. The van der Waals surface area contributed by atoms with Gasteiger partial charge in [0.2, 0.25) is 5.91 Å². The summed E-state index contributed by atoms with van der Waals surface area (Å²) in [5.74, 6) is -0.168. The highest BCUT2D eigenvalue weighted by molar-refractivity contribution is 7.92. The van der Waals surface area contributed by atoms with Crippen molar-refractivity contribution in [2.45, 2.75) is 18.7 Å². The predicted octanol–water partition coefficient (Wildman–Crippen LogP) is 3.72. The molecule has 0 radical (unpaired) electrons. The minimum Gasteiger partial charge on any atom is -0.492 e. The summed E-state index contributed by atoms with van der Waals surface area (Å²) in [4.78, 5) is 26.9. The highest BCUT2D eigenvalue weighted by Gasteiger charge is 2.33. The number of aromatic nitrogens is 2. The Balaban J connectivity index is 1.81. The maximum absolute atomic E-state index is 13.8. The molecule has 4 aromatic rings. The number of anilines is 2. The average molecular weight is 521 g/mol. The number of carbonyl (C=O) groups is 1. The number of nitrogens with one attached hydrogen (secondary N) is 1. The summed E-state index contributed by atoms with van der Waals surface area (Å²) in [6.45, 7) is 3.24. The molecule has 0 aliphatic carbocycles. The van der Waals surface area contributed by atoms with E-state index >= 15 is 0 Å². The Morgan fingerprint density at radius 1 is 0.946 bits per heavy atom. The van der Waals surface area contributed by atoms with Crippen LogP contribution in [0.2, 0.25) is 0 Å². The van der Waals surface area contributed by atoms with E-state index in [0.29, 0.717) is 29.4 Å². The second-order valence-electron chi connectivity index (χ2n) is 8.21. The Bertz CT molecular complexity index is 1560. The topological polar surface area (TPSA) is 103 Å². The van der Waals surface area contributed by atoms with Gasteiger partial charge >= 0.3 is 0 Å². The zero-order valence-corrected chi connectivity index (χ0v) is 21.6. The molecule has 37 heavy (non-hydrogen) atoms. The Kier molecular flexibility index (Phi) is 7.49. The van der Waals surface area contributed by atoms with E-state index in [9.17, 15) is 18.0 Å². The van der Waals surface area contributed by atoms with Gasteiger partial charge in [-0.2, -0.15) is 0 Å². The van der Waals surface area contributed by atoms with Crippen molar-refractivity contribution < 1.29 is 17.9 Å². The van der Waals surface area contributed by atoms with Gasteiger partial charge in [-0.1, -0.05) is 48.5 Å². The van der Waals surface area contributed by atoms with Crippen molar-refractivity contribution >= 4 is 27.3 Å². The van der Waals surface area contributed by atoms with E-state index in [1.807, 2.05) is 13.0 Å². The molecule has 0 saturated heterocycles. The van der Waals surface area contributed by atoms with E-state index in [2.05, 4.69) is 5.32 Å². The molecule has 3 aromatic carbocycles. The lowest BCUT2D eigenvalue weighted by atomic mass is 10.3. The molecule has 0 spiro atoms. The van der Waals surface area contributed by atoms with Crippen molar-refractivity contribution in [1.29, 1.82) is 0 Å². The second-order valence-corrected chi connectivity index (χ2v) is 10.1. The van der Waals surface area contributed by atoms with Gasteiger partial charge in [0, 0.05) is 7.05 Å². The van der Waals surface area contributed by atoms with Gasteiger partial charge in [0.1, 0.15) is 18.0 Å². The summed E-state index contributed by atoms with van der Waals surface area (Å²) in [7, 11) is -2.61. The zero-order chi connectivity index (χ0) is 26.6. The predicted molar refractivity (Wildman–Crippen MR) is 143 cm³/mol. The molecule has 0 aliphatic rings. The third-order valence-electron chi connectivity index (χ3n) is 5.85. The largest absolute Gasteiger partial charge is 0.492 e. The number of nitrogens with zero attached hydrogens (tertiary/aromatic N) is 3. The van der Waals surface area contributed by atoms with E-state index in [-0.39, 0.29) is 10.6 Å². The quantitative estimate of drug-likeness (QED) is 0.362. The molecule has 1 aromatic heterocycles. The smallest absolute Gasteiger partial charge is 0.296 e. The zero-order valence-electron chi connectivity index (χ0n) is 20.8. The van der Waals surface area contributed by atoms with Gasteiger partial charge < -0.3 is 10.1 Å². The summed E-state index contributed by atoms with van der Waals surface area (Å²) in [6.07, 6.45) is 0. The average Bonchev–Trinajstić information content (AvgIpc) is 3.12. The molecule has 192 valence electrons. The van der Waals surface area contributed by atoms with Gasteiger partial charge in [0.25, 0.3) is 15.6 Å². The van der Waals surface area contributed by atoms with Crippen LogP contribution in [0.5, 0.6) is 5.75 Å². The van der Waals surface area contributed by atoms with Crippen molar-refractivity contribution in [1.82, 2.24) is 9.36 Å². The molecule has 4 rings (SSSR count). The maximum atomic E-state index is 13.8. The Morgan fingerprint density at radius 3 is 2.19 bits per heavy atom. The first-order valence-electron chi connectivity index (χ1n) is 11.7. The standard InChI is InChI=1S/C27H28N4O5S/c1-4-36-24-18-12-11-17-23(24)28-25(32)19-30(37(34,35)22-15-9-6-10-16-22)26-20(2)29(3)31(27(26)33)21-13-7-5-8-14-21/h5-18H,4,19H2,1-3H3,(H,28,32). The van der Waals surface area contributed by atoms with Crippen LogP contribution in [-0.4, -0.2) is 36.8 Å². The molecule has 9 nitrogen and oxygen atoms in total. The van der Waals surface area contributed by atoms with E-state index in [1.54, 1.807) is 85.4 Å². The SMILES string of the molecule is CCOc1ccccc1NC(=O)CN(c1c(C)n(C)n(-c2ccccc2)c1=O)S(=O)(=O)c1ccccc1. The summed E-state index contributed by atoms with van der Waals surface area (Å²) < 4.78 is 37.0. The van der Waals surface area contributed by atoms with Crippen molar-refractivity contribution in [3.8, 4) is 11.4 Å². The molecule has 10 heteroatoms. The summed E-state index contributed by atoms with van der Waals surface area (Å²) >= 11 is 0. The molecule has 1 N–H and O–H groups in total. The van der Waals surface area contributed by atoms with Crippen LogP contribution in [0.3, 0.4) is 0 Å². The van der Waals surface area contributed by atoms with E-state index < -0.39 is 28.0 Å². The molecule has 0 bridgehead atoms. The molecule has 1 amide bonds. The Hall–Kier alpha value is -4.31. The number of carbonyl (C=O) groups excluding carboxylic acids is 1. The molecule has 0 aliphatic heterocycles. The van der Waals surface area contributed by atoms with Crippen LogP contribution in [0, 0.1) is 6.92 Å². The molecule has 0 unspecified atom stereocenters. The number of ether oxygens (including phenoxy) is 1. The number of sulfonamides is 1. The molecular formula is C27H28N4O5S. The third-order valence-corrected chi connectivity index (χ3v) is 7.61.